The number of hydrogen-bond donors (Lipinski definition) is 2. The molecule has 0 aromatic heterocycles. The Morgan fingerprint density at radius 1 is 0.816 bits per heavy atom. The molecule has 0 radical (unpaired) electrons. The molecule has 1 aliphatic heterocycles. The number of ether oxygens (including phenoxy) is 2. The van der Waals surface area contributed by atoms with Gasteiger partial charge in [-0.2, -0.15) is 0 Å². The van der Waals surface area contributed by atoms with Gasteiger partial charge in [-0.3, -0.25) is 19.7 Å². The van der Waals surface area contributed by atoms with Crippen LogP contribution in [0.25, 0.3) is 0 Å². The van der Waals surface area contributed by atoms with E-state index in [1.807, 2.05) is 42.5 Å². The number of benzene rings is 4. The van der Waals surface area contributed by atoms with Crippen molar-refractivity contribution >= 4 is 40.6 Å². The Hall–Kier alpha value is -4.83. The molecule has 2 N–H and O–H groups in total. The smallest absolute Gasteiger partial charge is 0.269 e. The van der Waals surface area contributed by atoms with E-state index in [4.69, 9.17) is 9.47 Å². The zero-order valence-corrected chi connectivity index (χ0v) is 20.6. The quantitative estimate of drug-likeness (QED) is 0.163. The summed E-state index contributed by atoms with van der Waals surface area (Å²) >= 11 is 1.38. The molecule has 1 aliphatic rings. The van der Waals surface area contributed by atoms with Gasteiger partial charge in [-0.25, -0.2) is 0 Å². The molecule has 2 amide bonds. The fraction of sp³-hybridized carbons (Fsp3) is 0.0714. The number of thioether (sulfide) groups is 1. The van der Waals surface area contributed by atoms with Gasteiger partial charge >= 0.3 is 0 Å². The van der Waals surface area contributed by atoms with Gasteiger partial charge in [-0.15, -0.1) is 11.8 Å². The van der Waals surface area contributed by atoms with E-state index in [2.05, 4.69) is 10.6 Å². The van der Waals surface area contributed by atoms with Gasteiger partial charge in [0.2, 0.25) is 12.7 Å². The lowest BCUT2D eigenvalue weighted by Crippen LogP contribution is -2.19. The number of hydrogen-bond acceptors (Lipinski definition) is 7. The number of carbonyl (C=O) groups is 2. The van der Waals surface area contributed by atoms with E-state index in [-0.39, 0.29) is 24.3 Å². The number of nitro groups is 1. The van der Waals surface area contributed by atoms with Crippen molar-refractivity contribution in [3.8, 4) is 11.5 Å². The number of fused-ring (bicyclic) bond motifs is 1. The van der Waals surface area contributed by atoms with Crippen molar-refractivity contribution in [2.75, 3.05) is 17.4 Å². The zero-order valence-electron chi connectivity index (χ0n) is 19.8. The van der Waals surface area contributed by atoms with Crippen LogP contribution in [0.15, 0.2) is 102 Å². The monoisotopic (exact) mass is 527 g/mol. The third kappa shape index (κ3) is 5.76. The predicted octanol–water partition coefficient (Wildman–Crippen LogP) is 6.05. The second-order valence-corrected chi connectivity index (χ2v) is 9.43. The highest BCUT2D eigenvalue weighted by atomic mass is 32.2. The third-order valence-electron chi connectivity index (χ3n) is 5.69. The molecule has 5 rings (SSSR count). The Kier molecular flexibility index (Phi) is 7.23. The van der Waals surface area contributed by atoms with Crippen LogP contribution in [0.1, 0.15) is 21.2 Å². The van der Waals surface area contributed by atoms with Gasteiger partial charge in [0.25, 0.3) is 11.6 Å². The van der Waals surface area contributed by atoms with Crippen molar-refractivity contribution in [1.82, 2.24) is 0 Å². The first-order valence-corrected chi connectivity index (χ1v) is 12.4. The Bertz CT molecular complexity index is 1480. The highest BCUT2D eigenvalue weighted by molar-refractivity contribution is 8.00. The van der Waals surface area contributed by atoms with E-state index < -0.39 is 10.2 Å². The highest BCUT2D eigenvalue weighted by Crippen LogP contribution is 2.38. The number of nitrogens with one attached hydrogen (secondary N) is 2. The number of non-ortho nitro benzene ring substituents is 1. The highest BCUT2D eigenvalue weighted by Gasteiger charge is 2.23. The lowest BCUT2D eigenvalue weighted by atomic mass is 10.1. The first-order valence-electron chi connectivity index (χ1n) is 11.5. The van der Waals surface area contributed by atoms with Crippen molar-refractivity contribution in [1.29, 1.82) is 0 Å². The van der Waals surface area contributed by atoms with Crippen LogP contribution in [-0.4, -0.2) is 23.5 Å². The first-order chi connectivity index (χ1) is 18.5. The molecule has 1 unspecified atom stereocenters. The molecule has 4 aromatic carbocycles. The Labute approximate surface area is 221 Å². The van der Waals surface area contributed by atoms with Crippen molar-refractivity contribution < 1.29 is 24.0 Å². The van der Waals surface area contributed by atoms with E-state index in [0.29, 0.717) is 28.4 Å². The SMILES string of the molecule is O=C(Nc1ccc(SC(C(=O)Nc2ccc3c(c2)OCO3)c2ccccc2)cc1)c1ccc([N+](=O)[O-])cc1. The number of carbonyl (C=O) groups excluding carboxylic acids is 2. The van der Waals surface area contributed by atoms with Crippen LogP contribution in [0.3, 0.4) is 0 Å². The lowest BCUT2D eigenvalue weighted by Gasteiger charge is -2.17. The molecule has 0 aliphatic carbocycles. The van der Waals surface area contributed by atoms with E-state index in [1.165, 1.54) is 36.0 Å². The average molecular weight is 528 g/mol. The summed E-state index contributed by atoms with van der Waals surface area (Å²) < 4.78 is 10.7. The number of amides is 2. The molecule has 1 atom stereocenters. The van der Waals surface area contributed by atoms with E-state index in [0.717, 1.165) is 10.5 Å². The summed E-state index contributed by atoms with van der Waals surface area (Å²) in [6, 6.07) is 27.2. The largest absolute Gasteiger partial charge is 0.454 e. The van der Waals surface area contributed by atoms with Crippen LogP contribution >= 0.6 is 11.8 Å². The number of rotatable bonds is 8. The molecular weight excluding hydrogens is 506 g/mol. The Morgan fingerprint density at radius 3 is 2.21 bits per heavy atom. The summed E-state index contributed by atoms with van der Waals surface area (Å²) in [5, 5.41) is 16.0. The summed E-state index contributed by atoms with van der Waals surface area (Å²) in [5.74, 6) is 0.636. The van der Waals surface area contributed by atoms with Gasteiger partial charge in [0.1, 0.15) is 5.25 Å². The van der Waals surface area contributed by atoms with Crippen LogP contribution in [0.4, 0.5) is 17.1 Å². The summed E-state index contributed by atoms with van der Waals surface area (Å²) in [7, 11) is 0. The molecular formula is C28H21N3O6S. The summed E-state index contributed by atoms with van der Waals surface area (Å²) in [4.78, 5) is 37.0. The molecule has 0 saturated heterocycles. The molecule has 10 heteroatoms. The maximum atomic E-state index is 13.3. The zero-order chi connectivity index (χ0) is 26.5. The van der Waals surface area contributed by atoms with Gasteiger partial charge in [-0.1, -0.05) is 30.3 Å². The Balaban J connectivity index is 1.28. The summed E-state index contributed by atoms with van der Waals surface area (Å²) in [6.45, 7) is 0.152. The van der Waals surface area contributed by atoms with E-state index >= 15 is 0 Å². The van der Waals surface area contributed by atoms with Crippen molar-refractivity contribution in [3.63, 3.8) is 0 Å². The van der Waals surface area contributed by atoms with Crippen LogP contribution < -0.4 is 20.1 Å². The normalized spacial score (nSPS) is 12.4. The van der Waals surface area contributed by atoms with Gasteiger partial charge in [0.05, 0.1) is 4.92 Å². The Morgan fingerprint density at radius 2 is 1.50 bits per heavy atom. The summed E-state index contributed by atoms with van der Waals surface area (Å²) in [5.41, 5.74) is 2.21. The molecule has 190 valence electrons. The minimum absolute atomic E-state index is 0.0848. The molecule has 0 spiro atoms. The number of anilines is 2. The van der Waals surface area contributed by atoms with Gasteiger partial charge in [-0.05, 0) is 54.1 Å². The number of nitro benzene ring substituents is 1. The molecule has 0 bridgehead atoms. The van der Waals surface area contributed by atoms with Crippen LogP contribution in [-0.2, 0) is 4.79 Å². The fourth-order valence-electron chi connectivity index (χ4n) is 3.77. The fourth-order valence-corrected chi connectivity index (χ4v) is 4.80. The number of nitrogens with zero attached hydrogens (tertiary/aromatic N) is 1. The van der Waals surface area contributed by atoms with Gasteiger partial charge in [0.15, 0.2) is 11.5 Å². The molecule has 0 fully saturated rings. The minimum atomic E-state index is -0.540. The van der Waals surface area contributed by atoms with Gasteiger partial charge < -0.3 is 20.1 Å². The summed E-state index contributed by atoms with van der Waals surface area (Å²) in [6.07, 6.45) is 0. The van der Waals surface area contributed by atoms with E-state index in [1.54, 1.807) is 30.3 Å². The lowest BCUT2D eigenvalue weighted by molar-refractivity contribution is -0.384. The molecule has 9 nitrogen and oxygen atoms in total. The second-order valence-electron chi connectivity index (χ2n) is 8.25. The molecule has 0 saturated carbocycles. The van der Waals surface area contributed by atoms with Crippen molar-refractivity contribution in [2.24, 2.45) is 0 Å². The average Bonchev–Trinajstić information content (AvgIpc) is 3.41. The maximum Gasteiger partial charge on any atom is 0.269 e. The second kappa shape index (κ2) is 11.1. The molecule has 38 heavy (non-hydrogen) atoms. The predicted molar refractivity (Wildman–Crippen MR) is 144 cm³/mol. The standard InChI is InChI=1S/C28H21N3O6S/c32-27(19-6-11-22(12-7-19)31(34)35)29-20-8-13-23(14-9-20)38-26(18-4-2-1-3-5-18)28(33)30-21-10-15-24-25(16-21)37-17-36-24/h1-16,26H,17H2,(H,29,32)(H,30,33). The third-order valence-corrected chi connectivity index (χ3v) is 6.95. The van der Waals surface area contributed by atoms with Gasteiger partial charge in [0, 0.05) is 40.0 Å². The molecule has 4 aromatic rings. The van der Waals surface area contributed by atoms with E-state index in [9.17, 15) is 19.7 Å². The minimum Gasteiger partial charge on any atom is -0.454 e. The topological polar surface area (TPSA) is 120 Å². The maximum absolute atomic E-state index is 13.3. The first kappa shape index (κ1) is 24.8. The van der Waals surface area contributed by atoms with Crippen molar-refractivity contribution in [3.05, 3.63) is 118 Å². The van der Waals surface area contributed by atoms with Crippen LogP contribution in [0.2, 0.25) is 0 Å². The van der Waals surface area contributed by atoms with Crippen LogP contribution in [0.5, 0.6) is 11.5 Å². The molecule has 1 heterocycles. The van der Waals surface area contributed by atoms with Crippen LogP contribution in [0, 0.1) is 10.1 Å². The van der Waals surface area contributed by atoms with Crippen molar-refractivity contribution in [2.45, 2.75) is 10.1 Å².